The fourth-order valence-corrected chi connectivity index (χ4v) is 2.16. The summed E-state index contributed by atoms with van der Waals surface area (Å²) in [6.07, 6.45) is 4.15. The van der Waals surface area contributed by atoms with Gasteiger partial charge in [0.15, 0.2) is 12.1 Å². The van der Waals surface area contributed by atoms with Crippen molar-refractivity contribution in [1.29, 1.82) is 0 Å². The average Bonchev–Trinajstić information content (AvgIpc) is 3.02. The number of aldehydes is 1. The first-order valence-electron chi connectivity index (χ1n) is 6.22. The Balaban J connectivity index is 2.15. The van der Waals surface area contributed by atoms with Gasteiger partial charge >= 0.3 is 0 Å². The third kappa shape index (κ3) is 2.03. The predicted octanol–water partition coefficient (Wildman–Crippen LogP) is 2.96. The van der Waals surface area contributed by atoms with Gasteiger partial charge in [-0.3, -0.25) is 4.79 Å². The number of carbonyl (C=O) groups excluding carboxylic acids is 1. The molecule has 5 nitrogen and oxygen atoms in total. The first kappa shape index (κ1) is 12.3. The molecule has 0 aliphatic carbocycles. The zero-order valence-corrected chi connectivity index (χ0v) is 11.2. The molecule has 100 valence electrons. The van der Waals surface area contributed by atoms with E-state index in [1.807, 2.05) is 38.1 Å². The number of nitrogens with zero attached hydrogens (tertiary/aromatic N) is 3. The number of pyridine rings is 1. The highest BCUT2D eigenvalue weighted by Crippen LogP contribution is 2.28. The number of rotatable bonds is 3. The molecule has 3 rings (SSSR count). The molecule has 0 fully saturated rings. The molecule has 0 aliphatic heterocycles. The fourth-order valence-electron chi connectivity index (χ4n) is 2.16. The lowest BCUT2D eigenvalue weighted by atomic mass is 10.1. The van der Waals surface area contributed by atoms with Crippen molar-refractivity contribution < 1.29 is 9.21 Å². The summed E-state index contributed by atoms with van der Waals surface area (Å²) in [5, 5.41) is 4.46. The van der Waals surface area contributed by atoms with Crippen molar-refractivity contribution in [2.24, 2.45) is 0 Å². The molecule has 0 N–H and O–H groups in total. The van der Waals surface area contributed by atoms with Crippen LogP contribution in [0.25, 0.3) is 17.1 Å². The summed E-state index contributed by atoms with van der Waals surface area (Å²) in [7, 11) is 0. The second-order valence-corrected chi connectivity index (χ2v) is 4.51. The zero-order valence-electron chi connectivity index (χ0n) is 11.2. The first-order valence-corrected chi connectivity index (χ1v) is 6.22. The molecule has 20 heavy (non-hydrogen) atoms. The van der Waals surface area contributed by atoms with E-state index in [1.54, 1.807) is 17.1 Å². The molecule has 3 aromatic rings. The molecular formula is C15H13N3O2. The van der Waals surface area contributed by atoms with Gasteiger partial charge in [-0.25, -0.2) is 9.67 Å². The largest absolute Gasteiger partial charge is 0.466 e. The summed E-state index contributed by atoms with van der Waals surface area (Å²) < 4.78 is 7.10. The summed E-state index contributed by atoms with van der Waals surface area (Å²) in [6.45, 7) is 3.73. The number of aryl methyl sites for hydroxylation is 2. The molecule has 0 unspecified atom stereocenters. The number of hydrogen-bond donors (Lipinski definition) is 0. The Hall–Kier alpha value is -2.69. The summed E-state index contributed by atoms with van der Waals surface area (Å²) in [6, 6.07) is 7.42. The summed E-state index contributed by atoms with van der Waals surface area (Å²) in [5.74, 6) is 2.21. The van der Waals surface area contributed by atoms with Crippen molar-refractivity contribution in [1.82, 2.24) is 14.8 Å². The van der Waals surface area contributed by atoms with Crippen LogP contribution in [0.5, 0.6) is 0 Å². The van der Waals surface area contributed by atoms with Gasteiger partial charge in [0.2, 0.25) is 0 Å². The van der Waals surface area contributed by atoms with Gasteiger partial charge < -0.3 is 4.42 Å². The van der Waals surface area contributed by atoms with Crippen molar-refractivity contribution in [3.63, 3.8) is 0 Å². The third-order valence-electron chi connectivity index (χ3n) is 3.05. The van der Waals surface area contributed by atoms with Crippen molar-refractivity contribution in [2.75, 3.05) is 0 Å². The molecule has 5 heteroatoms. The van der Waals surface area contributed by atoms with Gasteiger partial charge in [-0.1, -0.05) is 6.07 Å². The quantitative estimate of drug-likeness (QED) is 0.684. The zero-order chi connectivity index (χ0) is 14.1. The van der Waals surface area contributed by atoms with Gasteiger partial charge in [0.25, 0.3) is 0 Å². The molecule has 0 aromatic carbocycles. The first-order chi connectivity index (χ1) is 9.69. The Morgan fingerprint density at radius 2 is 2.15 bits per heavy atom. The predicted molar refractivity (Wildman–Crippen MR) is 73.9 cm³/mol. The minimum Gasteiger partial charge on any atom is -0.466 e. The summed E-state index contributed by atoms with van der Waals surface area (Å²) in [5.41, 5.74) is 1.96. The maximum Gasteiger partial charge on any atom is 0.153 e. The molecule has 0 spiro atoms. The topological polar surface area (TPSA) is 60.9 Å². The lowest BCUT2D eigenvalue weighted by Gasteiger charge is -1.98. The number of aromatic nitrogens is 3. The highest BCUT2D eigenvalue weighted by molar-refractivity contribution is 5.86. The van der Waals surface area contributed by atoms with E-state index in [0.29, 0.717) is 17.1 Å². The molecule has 3 heterocycles. The molecule has 0 aliphatic rings. The molecule has 0 atom stereocenters. The van der Waals surface area contributed by atoms with Crippen LogP contribution < -0.4 is 0 Å². The Bertz CT molecular complexity index is 757. The Labute approximate surface area is 115 Å². The van der Waals surface area contributed by atoms with E-state index in [-0.39, 0.29) is 0 Å². The monoisotopic (exact) mass is 267 g/mol. The van der Waals surface area contributed by atoms with E-state index < -0.39 is 0 Å². The molecule has 3 aromatic heterocycles. The van der Waals surface area contributed by atoms with Crippen LogP contribution in [0.15, 0.2) is 41.1 Å². The average molecular weight is 267 g/mol. The minimum atomic E-state index is 0.513. The summed E-state index contributed by atoms with van der Waals surface area (Å²) >= 11 is 0. The van der Waals surface area contributed by atoms with Gasteiger partial charge in [0, 0.05) is 18.0 Å². The van der Waals surface area contributed by atoms with Crippen LogP contribution in [0.2, 0.25) is 0 Å². The molecule has 0 bridgehead atoms. The Kier molecular flexibility index (Phi) is 2.95. The fraction of sp³-hybridized carbons (Fsp3) is 0.133. The van der Waals surface area contributed by atoms with Gasteiger partial charge in [0.05, 0.1) is 5.56 Å². The third-order valence-corrected chi connectivity index (χ3v) is 3.05. The highest BCUT2D eigenvalue weighted by Gasteiger charge is 2.16. The van der Waals surface area contributed by atoms with Gasteiger partial charge in [-0.15, -0.1) is 0 Å². The second kappa shape index (κ2) is 4.77. The van der Waals surface area contributed by atoms with Crippen molar-refractivity contribution in [3.8, 4) is 17.1 Å². The van der Waals surface area contributed by atoms with Crippen molar-refractivity contribution in [2.45, 2.75) is 13.8 Å². The maximum atomic E-state index is 11.3. The minimum absolute atomic E-state index is 0.513. The normalized spacial score (nSPS) is 10.7. The van der Waals surface area contributed by atoms with E-state index in [1.165, 1.54) is 0 Å². The second-order valence-electron chi connectivity index (χ2n) is 4.51. The van der Waals surface area contributed by atoms with Crippen molar-refractivity contribution >= 4 is 6.29 Å². The number of furan rings is 1. The van der Waals surface area contributed by atoms with Crippen LogP contribution in [-0.4, -0.2) is 21.1 Å². The molecule has 0 saturated heterocycles. The van der Waals surface area contributed by atoms with Gasteiger partial charge in [-0.2, -0.15) is 5.10 Å². The van der Waals surface area contributed by atoms with Crippen LogP contribution in [0, 0.1) is 13.8 Å². The maximum absolute atomic E-state index is 11.3. The van der Waals surface area contributed by atoms with Gasteiger partial charge in [0.1, 0.15) is 17.2 Å². The molecule has 0 saturated carbocycles. The number of carbonyl (C=O) groups is 1. The summed E-state index contributed by atoms with van der Waals surface area (Å²) in [4.78, 5) is 15.5. The van der Waals surface area contributed by atoms with Crippen LogP contribution in [0.3, 0.4) is 0 Å². The lowest BCUT2D eigenvalue weighted by molar-refractivity contribution is 0.112. The van der Waals surface area contributed by atoms with E-state index in [2.05, 4.69) is 10.1 Å². The smallest absolute Gasteiger partial charge is 0.153 e. The van der Waals surface area contributed by atoms with E-state index >= 15 is 0 Å². The van der Waals surface area contributed by atoms with E-state index in [9.17, 15) is 4.79 Å². The molecular weight excluding hydrogens is 254 g/mol. The molecule has 0 radical (unpaired) electrons. The lowest BCUT2D eigenvalue weighted by Crippen LogP contribution is -1.97. The Morgan fingerprint density at radius 3 is 2.75 bits per heavy atom. The van der Waals surface area contributed by atoms with Crippen LogP contribution in [0.1, 0.15) is 21.9 Å². The molecule has 0 amide bonds. The van der Waals surface area contributed by atoms with Crippen LogP contribution in [0.4, 0.5) is 0 Å². The van der Waals surface area contributed by atoms with E-state index in [4.69, 9.17) is 4.42 Å². The highest BCUT2D eigenvalue weighted by atomic mass is 16.3. The van der Waals surface area contributed by atoms with Crippen LogP contribution >= 0.6 is 0 Å². The SMILES string of the molecule is Cc1cc(-c2nn(-c3ccccn3)cc2C=O)c(C)o1. The number of hydrogen-bond acceptors (Lipinski definition) is 4. The van der Waals surface area contributed by atoms with Crippen LogP contribution in [-0.2, 0) is 0 Å². The van der Waals surface area contributed by atoms with Crippen molar-refractivity contribution in [3.05, 3.63) is 53.7 Å². The van der Waals surface area contributed by atoms with Gasteiger partial charge in [-0.05, 0) is 32.0 Å². The standard InChI is InChI=1S/C15H13N3O2/c1-10-7-13(11(2)20-10)15-12(9-19)8-18(17-15)14-5-3-4-6-16-14/h3-9H,1-2H3. The Morgan fingerprint density at radius 1 is 1.30 bits per heavy atom. The van der Waals surface area contributed by atoms with E-state index in [0.717, 1.165) is 23.4 Å².